The van der Waals surface area contributed by atoms with Gasteiger partial charge in [-0.15, -0.1) is 11.3 Å². The van der Waals surface area contributed by atoms with E-state index in [0.717, 1.165) is 33.8 Å². The summed E-state index contributed by atoms with van der Waals surface area (Å²) in [7, 11) is 0. The molecule has 0 N–H and O–H groups in total. The highest BCUT2D eigenvalue weighted by Gasteiger charge is 2.46. The van der Waals surface area contributed by atoms with Crippen LogP contribution in [0.25, 0.3) is 48.0 Å². The summed E-state index contributed by atoms with van der Waals surface area (Å²) < 4.78 is 2.60. The fourth-order valence-electron chi connectivity index (χ4n) is 9.20. The lowest BCUT2D eigenvalue weighted by Crippen LogP contribution is -2.30. The zero-order valence-corrected chi connectivity index (χ0v) is 33.2. The van der Waals surface area contributed by atoms with Crippen LogP contribution >= 0.6 is 11.3 Å². The van der Waals surface area contributed by atoms with Crippen LogP contribution in [0.5, 0.6) is 0 Å². The average Bonchev–Trinajstić information content (AvgIpc) is 3.79. The van der Waals surface area contributed by atoms with Crippen molar-refractivity contribution in [1.29, 1.82) is 0 Å². The highest BCUT2D eigenvalue weighted by molar-refractivity contribution is 7.25. The van der Waals surface area contributed by atoms with Gasteiger partial charge in [0.05, 0.1) is 16.8 Å². The summed E-state index contributed by atoms with van der Waals surface area (Å²) in [6.45, 7) is 6.87. The van der Waals surface area contributed by atoms with Gasteiger partial charge < -0.3 is 4.90 Å². The van der Waals surface area contributed by atoms with Crippen LogP contribution in [0, 0.1) is 0 Å². The molecule has 0 amide bonds. The van der Waals surface area contributed by atoms with Gasteiger partial charge in [0.25, 0.3) is 0 Å². The third-order valence-electron chi connectivity index (χ3n) is 11.8. The maximum atomic E-state index is 4.58. The van der Waals surface area contributed by atoms with Gasteiger partial charge in [0, 0.05) is 37.0 Å². The first-order valence-electron chi connectivity index (χ1n) is 19.9. The van der Waals surface area contributed by atoms with Gasteiger partial charge in [-0.3, -0.25) is 0 Å². The van der Waals surface area contributed by atoms with Crippen molar-refractivity contribution < 1.29 is 0 Å². The lowest BCUT2D eigenvalue weighted by Gasteiger charge is -2.36. The van der Waals surface area contributed by atoms with Crippen molar-refractivity contribution >= 4 is 48.5 Å². The largest absolute Gasteiger partial charge is 0.309 e. The number of hydrogen-bond acceptors (Lipinski definition) is 2. The molecule has 58 heavy (non-hydrogen) atoms. The van der Waals surface area contributed by atoms with Gasteiger partial charge >= 0.3 is 0 Å². The SMILES string of the molecule is C=C/C(=C\C1=C(C)c2ccccc2C1(c1ccccc1)c1ccccc1)N(c1ccccc1-c1ccccc1)c1ccccc1-c1ccc2sc3ccccc3c2c1. The molecule has 8 aromatic carbocycles. The van der Waals surface area contributed by atoms with Crippen molar-refractivity contribution in [1.82, 2.24) is 0 Å². The fraction of sp³-hybridized carbons (Fsp3) is 0.0357. The Labute approximate surface area is 344 Å². The summed E-state index contributed by atoms with van der Waals surface area (Å²) in [6.07, 6.45) is 4.45. The van der Waals surface area contributed by atoms with Gasteiger partial charge in [-0.1, -0.05) is 183 Å². The number of nitrogens with zero attached hydrogens (tertiary/aromatic N) is 1. The smallest absolute Gasteiger partial charge is 0.0710 e. The summed E-state index contributed by atoms with van der Waals surface area (Å²) in [4.78, 5) is 2.44. The van der Waals surface area contributed by atoms with Crippen molar-refractivity contribution in [3.63, 3.8) is 0 Å². The van der Waals surface area contributed by atoms with E-state index in [1.807, 2.05) is 17.4 Å². The Kier molecular flexibility index (Phi) is 9.05. The molecule has 0 fully saturated rings. The zero-order chi connectivity index (χ0) is 39.1. The predicted octanol–water partition coefficient (Wildman–Crippen LogP) is 15.4. The fourth-order valence-corrected chi connectivity index (χ4v) is 10.3. The Bertz CT molecular complexity index is 2980. The second-order valence-corrected chi connectivity index (χ2v) is 16.0. The molecule has 2 heteroatoms. The van der Waals surface area contributed by atoms with Crippen LogP contribution in [0.15, 0.2) is 236 Å². The van der Waals surface area contributed by atoms with E-state index in [2.05, 4.69) is 231 Å². The van der Waals surface area contributed by atoms with E-state index in [1.54, 1.807) is 0 Å². The van der Waals surface area contributed by atoms with E-state index in [1.165, 1.54) is 59.1 Å². The molecule has 10 rings (SSSR count). The van der Waals surface area contributed by atoms with Gasteiger partial charge in [0.2, 0.25) is 0 Å². The molecule has 0 atom stereocenters. The van der Waals surface area contributed by atoms with Crippen molar-refractivity contribution in [2.45, 2.75) is 12.3 Å². The molecule has 0 saturated carbocycles. The van der Waals surface area contributed by atoms with Gasteiger partial charge in [0.1, 0.15) is 0 Å². The summed E-state index contributed by atoms with van der Waals surface area (Å²) >= 11 is 1.85. The number of fused-ring (bicyclic) bond motifs is 4. The molecule has 0 bridgehead atoms. The number of rotatable bonds is 9. The Balaban J connectivity index is 1.26. The standard InChI is InChI=1S/C56H41NS/c1-3-44(38-51-39(2)45-27-13-17-31-50(45)56(51,42-23-9-5-10-24-42)43-25-11-6-12-26-43)57(52-32-18-14-28-46(52)40-21-7-4-8-22-40)53-33-19-15-29-47(53)41-35-36-55-49(37-41)48-30-16-20-34-54(48)58-55/h3-38H,1H2,2H3/b44-38+. The molecule has 0 unspecified atom stereocenters. The highest BCUT2D eigenvalue weighted by Crippen LogP contribution is 2.56. The van der Waals surface area contributed by atoms with Gasteiger partial charge in [-0.25, -0.2) is 0 Å². The molecule has 1 aromatic heterocycles. The topological polar surface area (TPSA) is 3.24 Å². The van der Waals surface area contributed by atoms with Crippen LogP contribution in [0.1, 0.15) is 29.2 Å². The van der Waals surface area contributed by atoms with E-state index in [0.29, 0.717) is 0 Å². The Hall–Kier alpha value is -7.00. The number of allylic oxidation sites excluding steroid dienone is 4. The van der Waals surface area contributed by atoms with Gasteiger partial charge in [-0.05, 0) is 93.9 Å². The lowest BCUT2D eigenvalue weighted by molar-refractivity contribution is 0.759. The van der Waals surface area contributed by atoms with Crippen molar-refractivity contribution in [2.24, 2.45) is 0 Å². The third-order valence-corrected chi connectivity index (χ3v) is 12.9. The average molecular weight is 760 g/mol. The highest BCUT2D eigenvalue weighted by atomic mass is 32.1. The van der Waals surface area contributed by atoms with Crippen LogP contribution < -0.4 is 4.90 Å². The minimum atomic E-state index is -0.563. The van der Waals surface area contributed by atoms with E-state index < -0.39 is 5.41 Å². The molecule has 9 aromatic rings. The number of hydrogen-bond donors (Lipinski definition) is 0. The first-order chi connectivity index (χ1) is 28.7. The molecule has 1 aliphatic carbocycles. The van der Waals surface area contributed by atoms with Crippen LogP contribution in [0.3, 0.4) is 0 Å². The Morgan fingerprint density at radius 3 is 1.67 bits per heavy atom. The van der Waals surface area contributed by atoms with Gasteiger partial charge in [0.15, 0.2) is 0 Å². The van der Waals surface area contributed by atoms with E-state index in [9.17, 15) is 0 Å². The molecule has 0 spiro atoms. The Morgan fingerprint density at radius 1 is 0.500 bits per heavy atom. The van der Waals surface area contributed by atoms with E-state index in [-0.39, 0.29) is 0 Å². The second-order valence-electron chi connectivity index (χ2n) is 14.9. The number of para-hydroxylation sites is 2. The minimum Gasteiger partial charge on any atom is -0.309 e. The van der Waals surface area contributed by atoms with Crippen LogP contribution in [-0.2, 0) is 5.41 Å². The summed E-state index contributed by atoms with van der Waals surface area (Å²) in [5, 5.41) is 2.57. The van der Waals surface area contributed by atoms with Crippen molar-refractivity contribution in [3.8, 4) is 22.3 Å². The molecule has 1 aliphatic rings. The molecule has 1 nitrogen and oxygen atoms in total. The van der Waals surface area contributed by atoms with Crippen LogP contribution in [-0.4, -0.2) is 0 Å². The molecule has 1 heterocycles. The summed E-state index contributed by atoms with van der Waals surface area (Å²) in [5.41, 5.74) is 14.7. The number of thiophene rings is 1. The molecular weight excluding hydrogens is 719 g/mol. The van der Waals surface area contributed by atoms with Crippen molar-refractivity contribution in [2.75, 3.05) is 4.90 Å². The van der Waals surface area contributed by atoms with E-state index in [4.69, 9.17) is 0 Å². The molecule has 0 saturated heterocycles. The first-order valence-corrected chi connectivity index (χ1v) is 20.7. The number of benzene rings is 8. The quantitative estimate of drug-likeness (QED) is 0.133. The van der Waals surface area contributed by atoms with Crippen LogP contribution in [0.4, 0.5) is 11.4 Å². The van der Waals surface area contributed by atoms with Gasteiger partial charge in [-0.2, -0.15) is 0 Å². The monoisotopic (exact) mass is 759 g/mol. The maximum Gasteiger partial charge on any atom is 0.0710 e. The van der Waals surface area contributed by atoms with Crippen LogP contribution in [0.2, 0.25) is 0 Å². The van der Waals surface area contributed by atoms with E-state index >= 15 is 0 Å². The molecular formula is C56H41NS. The maximum absolute atomic E-state index is 4.58. The molecule has 276 valence electrons. The predicted molar refractivity (Wildman–Crippen MR) is 249 cm³/mol. The second kappa shape index (κ2) is 14.8. The number of anilines is 2. The molecule has 0 radical (unpaired) electrons. The zero-order valence-electron chi connectivity index (χ0n) is 32.3. The summed E-state index contributed by atoms with van der Waals surface area (Å²) in [5.74, 6) is 0. The molecule has 0 aliphatic heterocycles. The minimum absolute atomic E-state index is 0.563. The van der Waals surface area contributed by atoms with Crippen molar-refractivity contribution in [3.05, 3.63) is 259 Å². The first kappa shape index (κ1) is 35.4. The normalized spacial score (nSPS) is 13.5. The third kappa shape index (κ3) is 5.76. The summed E-state index contributed by atoms with van der Waals surface area (Å²) in [6, 6.07) is 75.0. The lowest BCUT2D eigenvalue weighted by atomic mass is 9.66. The Morgan fingerprint density at radius 2 is 1.02 bits per heavy atom.